The molecule has 1 aliphatic rings. The summed E-state index contributed by atoms with van der Waals surface area (Å²) in [6, 6.07) is 0. The molecule has 1 aliphatic heterocycles. The van der Waals surface area contributed by atoms with Crippen molar-refractivity contribution in [2.45, 2.75) is 26.3 Å². The second kappa shape index (κ2) is 5.50. The third-order valence-corrected chi connectivity index (χ3v) is 2.80. The molecule has 0 unspecified atom stereocenters. The van der Waals surface area contributed by atoms with Crippen LogP contribution in [-0.2, 0) is 4.74 Å². The predicted molar refractivity (Wildman–Crippen MR) is 61.3 cm³/mol. The van der Waals surface area contributed by atoms with Gasteiger partial charge in [-0.15, -0.1) is 0 Å². The van der Waals surface area contributed by atoms with Crippen molar-refractivity contribution in [1.82, 2.24) is 9.80 Å². The minimum atomic E-state index is -0.317. The van der Waals surface area contributed by atoms with Crippen molar-refractivity contribution < 1.29 is 14.6 Å². The molecular formula is C11H22N2O3. The number of carbonyl (C=O) groups excluding carboxylic acids is 1. The highest BCUT2D eigenvalue weighted by atomic mass is 16.6. The summed E-state index contributed by atoms with van der Waals surface area (Å²) in [4.78, 5) is 15.5. The zero-order valence-corrected chi connectivity index (χ0v) is 10.4. The molecule has 5 heteroatoms. The quantitative estimate of drug-likeness (QED) is 0.752. The first-order chi connectivity index (χ1) is 7.45. The van der Waals surface area contributed by atoms with Crippen LogP contribution in [0.15, 0.2) is 0 Å². The zero-order chi connectivity index (χ0) is 12.2. The van der Waals surface area contributed by atoms with Crippen molar-refractivity contribution in [3.05, 3.63) is 0 Å². The van der Waals surface area contributed by atoms with Crippen LogP contribution in [0.5, 0.6) is 0 Å². The molecule has 1 fully saturated rings. The van der Waals surface area contributed by atoms with Gasteiger partial charge in [0.25, 0.3) is 0 Å². The van der Waals surface area contributed by atoms with E-state index in [2.05, 4.69) is 25.7 Å². The van der Waals surface area contributed by atoms with Crippen LogP contribution in [-0.4, -0.2) is 65.9 Å². The number of ether oxygens (including phenoxy) is 1. The average molecular weight is 230 g/mol. The van der Waals surface area contributed by atoms with Crippen molar-refractivity contribution >= 4 is 6.09 Å². The van der Waals surface area contributed by atoms with Gasteiger partial charge in [0.05, 0.1) is 6.61 Å². The molecule has 0 saturated carbocycles. The Morgan fingerprint density at radius 3 is 2.25 bits per heavy atom. The van der Waals surface area contributed by atoms with Crippen LogP contribution < -0.4 is 0 Å². The molecule has 1 heterocycles. The molecule has 0 aromatic heterocycles. The van der Waals surface area contributed by atoms with Crippen LogP contribution in [0.4, 0.5) is 4.79 Å². The van der Waals surface area contributed by atoms with Crippen molar-refractivity contribution in [1.29, 1.82) is 0 Å². The number of nitrogens with zero attached hydrogens (tertiary/aromatic N) is 2. The van der Waals surface area contributed by atoms with E-state index in [9.17, 15) is 4.79 Å². The van der Waals surface area contributed by atoms with E-state index in [1.54, 1.807) is 4.90 Å². The lowest BCUT2D eigenvalue weighted by Crippen LogP contribution is -2.54. The first kappa shape index (κ1) is 13.3. The number of piperazine rings is 1. The lowest BCUT2D eigenvalue weighted by molar-refractivity contribution is 0.0400. The minimum Gasteiger partial charge on any atom is -0.447 e. The average Bonchev–Trinajstić information content (AvgIpc) is 2.25. The minimum absolute atomic E-state index is 0.0817. The molecule has 0 spiro atoms. The Morgan fingerprint density at radius 2 is 1.81 bits per heavy atom. The zero-order valence-electron chi connectivity index (χ0n) is 10.4. The summed E-state index contributed by atoms with van der Waals surface area (Å²) in [7, 11) is 0. The molecule has 0 radical (unpaired) electrons. The van der Waals surface area contributed by atoms with E-state index in [1.807, 2.05) is 0 Å². The van der Waals surface area contributed by atoms with Crippen LogP contribution in [0.3, 0.4) is 0 Å². The molecular weight excluding hydrogens is 208 g/mol. The van der Waals surface area contributed by atoms with Gasteiger partial charge in [-0.25, -0.2) is 4.79 Å². The number of carbonyl (C=O) groups is 1. The maximum atomic E-state index is 11.5. The second-order valence-corrected chi connectivity index (χ2v) is 4.98. The first-order valence-electron chi connectivity index (χ1n) is 5.73. The van der Waals surface area contributed by atoms with Crippen LogP contribution in [0, 0.1) is 0 Å². The summed E-state index contributed by atoms with van der Waals surface area (Å²) in [6.45, 7) is 9.62. The highest BCUT2D eigenvalue weighted by Gasteiger charge is 2.28. The summed E-state index contributed by atoms with van der Waals surface area (Å²) in [6.07, 6.45) is -0.317. The van der Waals surface area contributed by atoms with E-state index in [-0.39, 0.29) is 24.8 Å². The molecule has 0 bridgehead atoms. The van der Waals surface area contributed by atoms with Gasteiger partial charge >= 0.3 is 6.09 Å². The fourth-order valence-electron chi connectivity index (χ4n) is 1.78. The number of rotatable bonds is 2. The summed E-state index contributed by atoms with van der Waals surface area (Å²) in [5.74, 6) is 0. The van der Waals surface area contributed by atoms with Gasteiger partial charge in [0.2, 0.25) is 0 Å². The Labute approximate surface area is 97.0 Å². The summed E-state index contributed by atoms with van der Waals surface area (Å²) in [5, 5.41) is 8.56. The topological polar surface area (TPSA) is 53.0 Å². The summed E-state index contributed by atoms with van der Waals surface area (Å²) in [5.41, 5.74) is 0.154. The first-order valence-corrected chi connectivity index (χ1v) is 5.73. The monoisotopic (exact) mass is 230 g/mol. The second-order valence-electron chi connectivity index (χ2n) is 4.98. The van der Waals surface area contributed by atoms with E-state index < -0.39 is 0 Å². The van der Waals surface area contributed by atoms with Crippen molar-refractivity contribution in [2.75, 3.05) is 39.4 Å². The smallest absolute Gasteiger partial charge is 0.409 e. The Hall–Kier alpha value is -0.810. The SMILES string of the molecule is CC(C)(C)N1CCN(C(=O)OCCO)CC1. The fourth-order valence-corrected chi connectivity index (χ4v) is 1.78. The molecule has 5 nitrogen and oxygen atoms in total. The fraction of sp³-hybridized carbons (Fsp3) is 0.909. The predicted octanol–water partition coefficient (Wildman–Crippen LogP) is 0.531. The van der Waals surface area contributed by atoms with Crippen molar-refractivity contribution in [2.24, 2.45) is 0 Å². The Kier molecular flexibility index (Phi) is 4.56. The Bertz CT molecular complexity index is 230. The lowest BCUT2D eigenvalue weighted by atomic mass is 10.1. The molecule has 1 N–H and O–H groups in total. The molecule has 0 atom stereocenters. The van der Waals surface area contributed by atoms with Gasteiger partial charge in [-0.05, 0) is 20.8 Å². The van der Waals surface area contributed by atoms with Gasteiger partial charge in [0.1, 0.15) is 6.61 Å². The molecule has 16 heavy (non-hydrogen) atoms. The molecule has 1 amide bonds. The normalized spacial score (nSPS) is 18.6. The van der Waals surface area contributed by atoms with E-state index >= 15 is 0 Å². The van der Waals surface area contributed by atoms with E-state index in [0.29, 0.717) is 13.1 Å². The number of aliphatic hydroxyl groups is 1. The maximum absolute atomic E-state index is 11.5. The van der Waals surface area contributed by atoms with Gasteiger partial charge in [-0.3, -0.25) is 4.90 Å². The largest absolute Gasteiger partial charge is 0.447 e. The Balaban J connectivity index is 2.34. The summed E-state index contributed by atoms with van der Waals surface area (Å²) >= 11 is 0. The third kappa shape index (κ3) is 3.64. The van der Waals surface area contributed by atoms with Gasteiger partial charge in [-0.1, -0.05) is 0 Å². The van der Waals surface area contributed by atoms with Gasteiger partial charge in [-0.2, -0.15) is 0 Å². The van der Waals surface area contributed by atoms with E-state index in [4.69, 9.17) is 9.84 Å². The molecule has 0 aromatic carbocycles. The van der Waals surface area contributed by atoms with Crippen LogP contribution in [0.2, 0.25) is 0 Å². The molecule has 1 saturated heterocycles. The van der Waals surface area contributed by atoms with Crippen molar-refractivity contribution in [3.63, 3.8) is 0 Å². The summed E-state index contributed by atoms with van der Waals surface area (Å²) < 4.78 is 4.87. The molecule has 1 rings (SSSR count). The maximum Gasteiger partial charge on any atom is 0.409 e. The number of aliphatic hydroxyl groups excluding tert-OH is 1. The van der Waals surface area contributed by atoms with Crippen LogP contribution in [0.25, 0.3) is 0 Å². The van der Waals surface area contributed by atoms with Gasteiger partial charge in [0.15, 0.2) is 0 Å². The Morgan fingerprint density at radius 1 is 1.25 bits per heavy atom. The highest BCUT2D eigenvalue weighted by Crippen LogP contribution is 2.15. The molecule has 0 aliphatic carbocycles. The standard InChI is InChI=1S/C11H22N2O3/c1-11(2,3)13-6-4-12(5-7-13)10(15)16-9-8-14/h14H,4-9H2,1-3H3. The highest BCUT2D eigenvalue weighted by molar-refractivity contribution is 5.67. The number of amides is 1. The molecule has 94 valence electrons. The number of hydrogen-bond donors (Lipinski definition) is 1. The van der Waals surface area contributed by atoms with Crippen LogP contribution in [0.1, 0.15) is 20.8 Å². The van der Waals surface area contributed by atoms with E-state index in [1.165, 1.54) is 0 Å². The van der Waals surface area contributed by atoms with Gasteiger partial charge in [0, 0.05) is 31.7 Å². The number of hydrogen-bond acceptors (Lipinski definition) is 4. The van der Waals surface area contributed by atoms with Crippen molar-refractivity contribution in [3.8, 4) is 0 Å². The third-order valence-electron chi connectivity index (χ3n) is 2.80. The van der Waals surface area contributed by atoms with E-state index in [0.717, 1.165) is 13.1 Å². The molecule has 0 aromatic rings. The van der Waals surface area contributed by atoms with Crippen LogP contribution >= 0.6 is 0 Å². The lowest BCUT2D eigenvalue weighted by Gasteiger charge is -2.41. The van der Waals surface area contributed by atoms with Gasteiger partial charge < -0.3 is 14.7 Å².